The van der Waals surface area contributed by atoms with Gasteiger partial charge < -0.3 is 20.4 Å². The molecule has 25 heavy (non-hydrogen) atoms. The first-order valence-corrected chi connectivity index (χ1v) is 7.56. The molecule has 2 aromatic heterocycles. The molecule has 3 rings (SSSR count). The summed E-state index contributed by atoms with van der Waals surface area (Å²) in [6.07, 6.45) is -0.0567. The van der Waals surface area contributed by atoms with Crippen LogP contribution < -0.4 is 11.1 Å². The number of carbonyl (C=O) groups is 2. The molecule has 0 spiro atoms. The van der Waals surface area contributed by atoms with Crippen molar-refractivity contribution in [3.8, 4) is 0 Å². The Bertz CT molecular complexity index is 835. The standard InChI is InChI=1S/C16H16F2N4O3/c1-22-7-10-9(2-3-12(10)25-16(19)24)13(22)15(23)21-8-4-5-20-11(6-8)14(17)18/h4-7,12,14H,2-3H2,1H3,(H2,19,24)(H,20,21,23). The summed E-state index contributed by atoms with van der Waals surface area (Å²) in [7, 11) is 1.69. The summed E-state index contributed by atoms with van der Waals surface area (Å²) in [5.41, 5.74) is 6.76. The number of hydrogen-bond donors (Lipinski definition) is 2. The van der Waals surface area contributed by atoms with Gasteiger partial charge in [-0.25, -0.2) is 13.6 Å². The number of rotatable bonds is 4. The number of aryl methyl sites for hydroxylation is 1. The van der Waals surface area contributed by atoms with E-state index in [-0.39, 0.29) is 5.69 Å². The minimum absolute atomic E-state index is 0.230. The van der Waals surface area contributed by atoms with Crippen LogP contribution in [0.4, 0.5) is 19.3 Å². The highest BCUT2D eigenvalue weighted by atomic mass is 19.3. The van der Waals surface area contributed by atoms with Crippen LogP contribution in [0.1, 0.15) is 46.3 Å². The number of pyridine rings is 1. The topological polar surface area (TPSA) is 99.2 Å². The molecule has 1 unspecified atom stereocenters. The minimum Gasteiger partial charge on any atom is -0.441 e. The summed E-state index contributed by atoms with van der Waals surface area (Å²) < 4.78 is 32.1. The number of carbonyl (C=O) groups excluding carboxylic acids is 2. The Morgan fingerprint density at radius 3 is 2.92 bits per heavy atom. The van der Waals surface area contributed by atoms with Crippen LogP contribution >= 0.6 is 0 Å². The number of nitrogens with one attached hydrogen (secondary N) is 1. The number of halogens is 2. The average molecular weight is 350 g/mol. The van der Waals surface area contributed by atoms with Gasteiger partial charge in [0.05, 0.1) is 0 Å². The van der Waals surface area contributed by atoms with E-state index < -0.39 is 30.2 Å². The molecule has 0 saturated carbocycles. The maximum Gasteiger partial charge on any atom is 0.405 e. The summed E-state index contributed by atoms with van der Waals surface area (Å²) in [6.45, 7) is 0. The average Bonchev–Trinajstić information content (AvgIpc) is 3.05. The third-order valence-electron chi connectivity index (χ3n) is 4.06. The van der Waals surface area contributed by atoms with Gasteiger partial charge in [-0.1, -0.05) is 0 Å². The van der Waals surface area contributed by atoms with Gasteiger partial charge >= 0.3 is 6.09 Å². The monoisotopic (exact) mass is 350 g/mol. The van der Waals surface area contributed by atoms with Gasteiger partial charge in [-0.3, -0.25) is 9.78 Å². The molecular weight excluding hydrogens is 334 g/mol. The largest absolute Gasteiger partial charge is 0.441 e. The summed E-state index contributed by atoms with van der Waals surface area (Å²) in [4.78, 5) is 27.1. The van der Waals surface area contributed by atoms with Crippen molar-refractivity contribution in [2.45, 2.75) is 25.4 Å². The molecule has 2 aromatic rings. The van der Waals surface area contributed by atoms with Crippen molar-refractivity contribution in [2.75, 3.05) is 5.32 Å². The van der Waals surface area contributed by atoms with Crippen LogP contribution in [-0.2, 0) is 18.2 Å². The van der Waals surface area contributed by atoms with Crippen LogP contribution in [0, 0.1) is 0 Å². The first kappa shape index (κ1) is 16.9. The van der Waals surface area contributed by atoms with E-state index in [0.717, 1.165) is 17.2 Å². The molecule has 1 aliphatic rings. The lowest BCUT2D eigenvalue weighted by molar-refractivity contribution is 0.101. The molecule has 3 N–H and O–H groups in total. The second-order valence-electron chi connectivity index (χ2n) is 5.71. The predicted octanol–water partition coefficient (Wildman–Crippen LogP) is 2.69. The van der Waals surface area contributed by atoms with Crippen molar-refractivity contribution in [1.82, 2.24) is 9.55 Å². The number of primary amides is 1. The number of anilines is 1. The summed E-state index contributed by atoms with van der Waals surface area (Å²) in [5, 5.41) is 2.60. The van der Waals surface area contributed by atoms with Gasteiger partial charge in [0.2, 0.25) is 0 Å². The quantitative estimate of drug-likeness (QED) is 0.885. The van der Waals surface area contributed by atoms with E-state index in [1.165, 1.54) is 12.3 Å². The Kier molecular flexibility index (Phi) is 4.39. The lowest BCUT2D eigenvalue weighted by atomic mass is 10.1. The normalized spacial score (nSPS) is 15.9. The number of nitrogens with two attached hydrogens (primary N) is 1. The fraction of sp³-hybridized carbons (Fsp3) is 0.312. The maximum absolute atomic E-state index is 12.7. The second-order valence-corrected chi connectivity index (χ2v) is 5.71. The molecule has 0 fully saturated rings. The zero-order valence-corrected chi connectivity index (χ0v) is 13.3. The van der Waals surface area contributed by atoms with Crippen molar-refractivity contribution in [2.24, 2.45) is 12.8 Å². The SMILES string of the molecule is Cn1cc2c(c1C(=O)Nc1ccnc(C(F)F)c1)CCC2OC(N)=O. The molecule has 2 amide bonds. The predicted molar refractivity (Wildman–Crippen MR) is 84.3 cm³/mol. The number of alkyl halides is 2. The van der Waals surface area contributed by atoms with E-state index in [0.29, 0.717) is 18.5 Å². The van der Waals surface area contributed by atoms with E-state index in [1.54, 1.807) is 17.8 Å². The molecule has 132 valence electrons. The number of amides is 2. The van der Waals surface area contributed by atoms with Crippen molar-refractivity contribution >= 4 is 17.7 Å². The number of ether oxygens (including phenoxy) is 1. The molecule has 2 heterocycles. The Morgan fingerprint density at radius 1 is 1.48 bits per heavy atom. The van der Waals surface area contributed by atoms with Crippen molar-refractivity contribution in [1.29, 1.82) is 0 Å². The van der Waals surface area contributed by atoms with Crippen molar-refractivity contribution < 1.29 is 23.1 Å². The molecule has 0 aromatic carbocycles. The van der Waals surface area contributed by atoms with E-state index in [2.05, 4.69) is 10.3 Å². The van der Waals surface area contributed by atoms with Crippen molar-refractivity contribution in [3.63, 3.8) is 0 Å². The molecule has 0 radical (unpaired) electrons. The summed E-state index contributed by atoms with van der Waals surface area (Å²) in [5.74, 6) is -0.435. The fourth-order valence-corrected chi connectivity index (χ4v) is 3.07. The summed E-state index contributed by atoms with van der Waals surface area (Å²) >= 11 is 0. The number of fused-ring (bicyclic) bond motifs is 1. The van der Waals surface area contributed by atoms with Crippen LogP contribution in [0.25, 0.3) is 0 Å². The molecular formula is C16H16F2N4O3. The van der Waals surface area contributed by atoms with Crippen LogP contribution in [0.2, 0.25) is 0 Å². The number of hydrogen-bond acceptors (Lipinski definition) is 4. The van der Waals surface area contributed by atoms with Gasteiger partial charge in [-0.05, 0) is 30.5 Å². The number of aromatic nitrogens is 2. The highest BCUT2D eigenvalue weighted by molar-refractivity contribution is 6.04. The van der Waals surface area contributed by atoms with E-state index in [9.17, 15) is 18.4 Å². The van der Waals surface area contributed by atoms with E-state index in [1.807, 2.05) is 0 Å². The first-order chi connectivity index (χ1) is 11.9. The highest BCUT2D eigenvalue weighted by Gasteiger charge is 2.32. The summed E-state index contributed by atoms with van der Waals surface area (Å²) in [6, 6.07) is 2.57. The molecule has 1 atom stereocenters. The van der Waals surface area contributed by atoms with Crippen LogP contribution in [0.3, 0.4) is 0 Å². The number of nitrogens with zero attached hydrogens (tertiary/aromatic N) is 2. The molecule has 0 bridgehead atoms. The molecule has 7 nitrogen and oxygen atoms in total. The third-order valence-corrected chi connectivity index (χ3v) is 4.06. The smallest absolute Gasteiger partial charge is 0.405 e. The van der Waals surface area contributed by atoms with Crippen LogP contribution in [0.15, 0.2) is 24.5 Å². The zero-order valence-electron chi connectivity index (χ0n) is 13.3. The van der Waals surface area contributed by atoms with E-state index in [4.69, 9.17) is 10.5 Å². The van der Waals surface area contributed by atoms with Gasteiger partial charge in [0, 0.05) is 30.7 Å². The highest BCUT2D eigenvalue weighted by Crippen LogP contribution is 2.37. The van der Waals surface area contributed by atoms with Crippen LogP contribution in [0.5, 0.6) is 0 Å². The lowest BCUT2D eigenvalue weighted by Crippen LogP contribution is -2.17. The Labute approximate surface area is 141 Å². The third kappa shape index (κ3) is 3.30. The fourth-order valence-electron chi connectivity index (χ4n) is 3.07. The van der Waals surface area contributed by atoms with Gasteiger partial charge in [-0.2, -0.15) is 0 Å². The molecule has 1 aliphatic carbocycles. The van der Waals surface area contributed by atoms with Crippen LogP contribution in [-0.4, -0.2) is 21.6 Å². The lowest BCUT2D eigenvalue weighted by Gasteiger charge is -2.09. The van der Waals surface area contributed by atoms with Gasteiger partial charge in [0.25, 0.3) is 12.3 Å². The Balaban J connectivity index is 1.84. The minimum atomic E-state index is -2.72. The van der Waals surface area contributed by atoms with Gasteiger partial charge in [0.1, 0.15) is 17.5 Å². The molecule has 0 saturated heterocycles. The van der Waals surface area contributed by atoms with Crippen molar-refractivity contribution in [3.05, 3.63) is 47.0 Å². The second kappa shape index (κ2) is 6.50. The van der Waals surface area contributed by atoms with Gasteiger partial charge in [0.15, 0.2) is 0 Å². The zero-order chi connectivity index (χ0) is 18.1. The van der Waals surface area contributed by atoms with Gasteiger partial charge in [-0.15, -0.1) is 0 Å². The molecule has 9 heteroatoms. The van der Waals surface area contributed by atoms with E-state index >= 15 is 0 Å². The Morgan fingerprint density at radius 2 is 2.24 bits per heavy atom. The maximum atomic E-state index is 12.7. The first-order valence-electron chi connectivity index (χ1n) is 7.56. The Hall–Kier alpha value is -2.97. The molecule has 0 aliphatic heterocycles.